The average molecular weight is 821 g/mol. The summed E-state index contributed by atoms with van der Waals surface area (Å²) in [6, 6.07) is 6.57. The van der Waals surface area contributed by atoms with E-state index in [1.807, 2.05) is 20.8 Å². The van der Waals surface area contributed by atoms with Crippen molar-refractivity contribution in [3.05, 3.63) is 55.5 Å². The third-order valence-electron chi connectivity index (χ3n) is 6.94. The number of carbonyl (C=O) groups is 2. The van der Waals surface area contributed by atoms with Crippen molar-refractivity contribution in [2.24, 2.45) is 11.8 Å². The standard InChI is InChI=1S/C15H20Cl2N2O4S.C13H16Cl2N2O4S.CH4.Li.2H2O/c1-4-23-14(20)9-18-7-11(3)8-19(24(18,21)22)15-12(16)5-10(2)6-13(15)17;1-8-3-10(14)13(11(15)4-8)17-6-9(2)5-16(7-12(18)19)22(17,20)21;;;;/h5-6,11H,4,7-9H2,1-3H3;3-4,9H,5-7H2,1-2H3,(H,18,19);1H4;;2*1H2/q;;;+1;;/p-1. The van der Waals surface area contributed by atoms with Gasteiger partial charge in [0.05, 0.1) is 38.1 Å². The molecule has 4 rings (SSSR count). The molecule has 280 valence electrons. The van der Waals surface area contributed by atoms with Crippen LogP contribution in [0.3, 0.4) is 0 Å². The van der Waals surface area contributed by atoms with Crippen LogP contribution in [0.5, 0.6) is 0 Å². The molecule has 2 atom stereocenters. The monoisotopic (exact) mass is 818 g/mol. The van der Waals surface area contributed by atoms with Crippen molar-refractivity contribution < 1.29 is 66.1 Å². The molecule has 2 unspecified atom stereocenters. The Hall–Kier alpha value is -1.52. The summed E-state index contributed by atoms with van der Waals surface area (Å²) in [6.07, 6.45) is 0. The van der Waals surface area contributed by atoms with Crippen molar-refractivity contribution >= 4 is 90.1 Å². The summed E-state index contributed by atoms with van der Waals surface area (Å²) in [5, 5.41) is 9.87. The van der Waals surface area contributed by atoms with Gasteiger partial charge in [0.25, 0.3) is 0 Å². The number of esters is 1. The maximum atomic E-state index is 12.9. The first kappa shape index (κ1) is 50.6. The Morgan fingerprint density at radius 2 is 1.08 bits per heavy atom. The smallest absolute Gasteiger partial charge is 0.870 e. The van der Waals surface area contributed by atoms with E-state index < -0.39 is 38.9 Å². The van der Waals surface area contributed by atoms with Gasteiger partial charge in [-0.1, -0.05) is 67.7 Å². The van der Waals surface area contributed by atoms with E-state index in [2.05, 4.69) is 0 Å². The van der Waals surface area contributed by atoms with Crippen LogP contribution in [0.4, 0.5) is 11.4 Å². The normalized spacial score (nSPS) is 19.6. The zero-order valence-electron chi connectivity index (χ0n) is 27.8. The number of benzene rings is 2. The van der Waals surface area contributed by atoms with Crippen LogP contribution in [0.15, 0.2) is 24.3 Å². The molecule has 0 amide bonds. The molecule has 2 saturated heterocycles. The van der Waals surface area contributed by atoms with Gasteiger partial charge in [-0.05, 0) is 68.0 Å². The number of rotatable bonds is 7. The Morgan fingerprint density at radius 1 is 0.760 bits per heavy atom. The minimum absolute atomic E-state index is 0. The molecule has 0 aromatic heterocycles. The first-order valence-corrected chi connectivity index (χ1v) is 18.4. The topological polar surface area (TPSA) is 206 Å². The Morgan fingerprint density at radius 3 is 1.38 bits per heavy atom. The summed E-state index contributed by atoms with van der Waals surface area (Å²) in [4.78, 5) is 22.6. The molecule has 0 radical (unpaired) electrons. The van der Waals surface area contributed by atoms with Gasteiger partial charge >= 0.3 is 51.2 Å². The third kappa shape index (κ3) is 12.0. The van der Waals surface area contributed by atoms with Gasteiger partial charge in [0, 0.05) is 26.2 Å². The van der Waals surface area contributed by atoms with E-state index in [0.717, 1.165) is 24.0 Å². The van der Waals surface area contributed by atoms with Gasteiger partial charge in [0.1, 0.15) is 13.1 Å². The predicted molar refractivity (Wildman–Crippen MR) is 193 cm³/mol. The molecule has 2 aliphatic rings. The number of carbonyl (C=O) groups excluding carboxylic acids is 1. The van der Waals surface area contributed by atoms with Crippen molar-refractivity contribution in [1.29, 1.82) is 0 Å². The minimum Gasteiger partial charge on any atom is -0.870 e. The van der Waals surface area contributed by atoms with Crippen molar-refractivity contribution in [1.82, 2.24) is 8.61 Å². The zero-order chi connectivity index (χ0) is 34.7. The average Bonchev–Trinajstić information content (AvgIpc) is 2.89. The summed E-state index contributed by atoms with van der Waals surface area (Å²) in [7, 11) is -7.91. The number of hydrogen-bond acceptors (Lipinski definition) is 8. The van der Waals surface area contributed by atoms with E-state index in [0.29, 0.717) is 0 Å². The van der Waals surface area contributed by atoms with Crippen molar-refractivity contribution in [2.75, 3.05) is 54.5 Å². The Balaban J connectivity index is 0. The van der Waals surface area contributed by atoms with E-state index in [9.17, 15) is 26.4 Å². The molecule has 2 heterocycles. The Labute approximate surface area is 326 Å². The molecule has 50 heavy (non-hydrogen) atoms. The third-order valence-corrected chi connectivity index (χ3v) is 11.7. The van der Waals surface area contributed by atoms with Crippen LogP contribution >= 0.6 is 46.4 Å². The number of aliphatic carboxylic acids is 1. The van der Waals surface area contributed by atoms with Gasteiger partial charge in [0.2, 0.25) is 0 Å². The molecule has 0 saturated carbocycles. The molecule has 2 aromatic rings. The van der Waals surface area contributed by atoms with Gasteiger partial charge < -0.3 is 20.8 Å². The molecule has 0 spiro atoms. The number of nitrogens with zero attached hydrogens (tertiary/aromatic N) is 4. The van der Waals surface area contributed by atoms with Gasteiger partial charge in [0.15, 0.2) is 0 Å². The molecule has 0 aliphatic carbocycles. The van der Waals surface area contributed by atoms with Gasteiger partial charge in [-0.25, -0.2) is 0 Å². The van der Waals surface area contributed by atoms with Gasteiger partial charge in [-0.2, -0.15) is 25.4 Å². The number of carboxylic acid groups (broad SMARTS) is 1. The van der Waals surface area contributed by atoms with Crippen LogP contribution < -0.4 is 27.5 Å². The maximum Gasteiger partial charge on any atom is 1.00 e. The molecule has 2 fully saturated rings. The fraction of sp³-hybridized carbons (Fsp3) is 0.517. The molecule has 21 heteroatoms. The largest absolute Gasteiger partial charge is 1.00 e. The number of carboxylic acids is 1. The van der Waals surface area contributed by atoms with E-state index in [1.54, 1.807) is 38.1 Å². The zero-order valence-corrected chi connectivity index (χ0v) is 32.4. The van der Waals surface area contributed by atoms with E-state index in [4.69, 9.17) is 56.2 Å². The summed E-state index contributed by atoms with van der Waals surface area (Å²) in [5.74, 6) is -1.86. The second-order valence-electron chi connectivity index (χ2n) is 11.2. The SMILES string of the molecule is C.CCOC(=O)CN1CC(C)CN(c2c(Cl)cc(C)cc2Cl)S1(=O)=O.Cc1cc(Cl)c(N2CC(C)CN(CC(=O)O)S2(=O)=O)c(Cl)c1.O.[Li+].[OH-]. The minimum atomic E-state index is -3.99. The van der Waals surface area contributed by atoms with Crippen LogP contribution in [0.1, 0.15) is 39.3 Å². The van der Waals surface area contributed by atoms with Gasteiger partial charge in [-0.3, -0.25) is 18.2 Å². The maximum absolute atomic E-state index is 12.9. The summed E-state index contributed by atoms with van der Waals surface area (Å²) in [6.45, 7) is 9.11. The van der Waals surface area contributed by atoms with Crippen LogP contribution in [-0.2, 0) is 34.7 Å². The van der Waals surface area contributed by atoms with Crippen molar-refractivity contribution in [3.63, 3.8) is 0 Å². The Bertz CT molecular complexity index is 1660. The molecule has 2 aliphatic heterocycles. The summed E-state index contributed by atoms with van der Waals surface area (Å²) >= 11 is 24.8. The first-order chi connectivity index (χ1) is 21.3. The number of hydrogen-bond donors (Lipinski definition) is 1. The van der Waals surface area contributed by atoms with E-state index >= 15 is 0 Å². The Kier molecular flexibility index (Phi) is 20.9. The first-order valence-electron chi connectivity index (χ1n) is 14.1. The molecule has 14 nitrogen and oxygen atoms in total. The van der Waals surface area contributed by atoms with Crippen LogP contribution in [0, 0.1) is 25.7 Å². The molecule has 4 N–H and O–H groups in total. The number of aryl methyl sites for hydroxylation is 2. The summed E-state index contributed by atoms with van der Waals surface area (Å²) < 4.78 is 60.3. The second kappa shape index (κ2) is 20.6. The fourth-order valence-corrected chi connectivity index (χ4v) is 10.6. The number of ether oxygens (including phenoxy) is 1. The molecule has 0 bridgehead atoms. The van der Waals surface area contributed by atoms with Crippen LogP contribution in [0.25, 0.3) is 0 Å². The van der Waals surface area contributed by atoms with E-state index in [1.165, 1.54) is 4.31 Å². The van der Waals surface area contributed by atoms with Crippen molar-refractivity contribution in [2.45, 2.75) is 42.0 Å². The fourth-order valence-electron chi connectivity index (χ4n) is 5.10. The van der Waals surface area contributed by atoms with Crippen molar-refractivity contribution in [3.8, 4) is 0 Å². The number of anilines is 2. The van der Waals surface area contributed by atoms with Crippen LogP contribution in [0.2, 0.25) is 20.1 Å². The van der Waals surface area contributed by atoms with E-state index in [-0.39, 0.29) is 120 Å². The quantitative estimate of drug-likeness (QED) is 0.320. The molecule has 2 aromatic carbocycles. The number of halogens is 4. The summed E-state index contributed by atoms with van der Waals surface area (Å²) in [5.41, 5.74) is 2.07. The molecular weight excluding hydrogens is 777 g/mol. The predicted octanol–water partition coefficient (Wildman–Crippen LogP) is 1.90. The van der Waals surface area contributed by atoms with Gasteiger partial charge in [-0.15, -0.1) is 0 Å². The second-order valence-corrected chi connectivity index (χ2v) is 16.6. The van der Waals surface area contributed by atoms with Crippen LogP contribution in [-0.4, -0.2) is 99.3 Å². The molecular formula is C29H43Cl4LiN4O10S2.